The molecule has 2 N–H and O–H groups in total. The zero-order valence-corrected chi connectivity index (χ0v) is 11.4. The second-order valence-electron chi connectivity index (χ2n) is 5.97. The molecule has 1 aromatic carbocycles. The topological polar surface area (TPSA) is 41.1 Å². The predicted octanol–water partition coefficient (Wildman–Crippen LogP) is 3.58. The van der Waals surface area contributed by atoms with E-state index in [-0.39, 0.29) is 17.5 Å². The van der Waals surface area contributed by atoms with E-state index in [0.29, 0.717) is 11.8 Å². The molecule has 0 aliphatic heterocycles. The monoisotopic (exact) mass is 298 g/mol. The highest BCUT2D eigenvalue weighted by Gasteiger charge is 2.43. The summed E-state index contributed by atoms with van der Waals surface area (Å²) in [6.45, 7) is 0. The molecular weight excluding hydrogens is 281 g/mol. The predicted molar refractivity (Wildman–Crippen MR) is 72.1 cm³/mol. The molecule has 2 aliphatic carbocycles. The molecule has 1 amide bonds. The van der Waals surface area contributed by atoms with E-state index in [4.69, 9.17) is 0 Å². The number of carbonyl (C=O) groups excluding carboxylic acids is 1. The molecule has 0 spiro atoms. The number of alkyl halides is 3. The van der Waals surface area contributed by atoms with E-state index in [1.807, 2.05) is 0 Å². The largest absolute Gasteiger partial charge is 0.416 e. The first-order valence-corrected chi connectivity index (χ1v) is 7.16. The second-order valence-corrected chi connectivity index (χ2v) is 5.97. The number of amides is 1. The first-order chi connectivity index (χ1) is 9.93. The van der Waals surface area contributed by atoms with Crippen LogP contribution in [0.4, 0.5) is 18.9 Å². The van der Waals surface area contributed by atoms with Crippen molar-refractivity contribution < 1.29 is 18.0 Å². The van der Waals surface area contributed by atoms with Gasteiger partial charge in [0.05, 0.1) is 11.3 Å². The number of benzene rings is 1. The third-order valence-corrected chi connectivity index (χ3v) is 4.59. The maximum absolute atomic E-state index is 12.6. The summed E-state index contributed by atoms with van der Waals surface area (Å²) in [6, 6.07) is 4.80. The van der Waals surface area contributed by atoms with Gasteiger partial charge in [-0.3, -0.25) is 15.6 Å². The summed E-state index contributed by atoms with van der Waals surface area (Å²) in [5.74, 6) is 0.985. The zero-order valence-electron chi connectivity index (χ0n) is 11.4. The van der Waals surface area contributed by atoms with Crippen molar-refractivity contribution in [1.82, 2.24) is 5.43 Å². The lowest BCUT2D eigenvalue weighted by atomic mass is 9.88. The Balaban J connectivity index is 1.59. The van der Waals surface area contributed by atoms with Gasteiger partial charge in [-0.15, -0.1) is 0 Å². The Morgan fingerprint density at radius 1 is 1.19 bits per heavy atom. The van der Waals surface area contributed by atoms with Gasteiger partial charge in [-0.1, -0.05) is 12.5 Å². The van der Waals surface area contributed by atoms with Crippen LogP contribution in [-0.4, -0.2) is 5.91 Å². The van der Waals surface area contributed by atoms with Gasteiger partial charge < -0.3 is 0 Å². The Labute approximate surface area is 120 Å². The number of halogens is 3. The van der Waals surface area contributed by atoms with E-state index in [2.05, 4.69) is 10.9 Å². The molecule has 0 heterocycles. The fourth-order valence-electron chi connectivity index (χ4n) is 3.57. The number of carbonyl (C=O) groups is 1. The number of fused-ring (bicyclic) bond motifs is 2. The molecule has 2 bridgehead atoms. The van der Waals surface area contributed by atoms with Gasteiger partial charge in [0.2, 0.25) is 5.91 Å². The molecule has 2 aliphatic rings. The second kappa shape index (κ2) is 5.24. The Morgan fingerprint density at radius 3 is 2.62 bits per heavy atom. The quantitative estimate of drug-likeness (QED) is 0.837. The minimum atomic E-state index is -4.38. The van der Waals surface area contributed by atoms with E-state index in [1.54, 1.807) is 0 Å². The van der Waals surface area contributed by atoms with Gasteiger partial charge in [-0.25, -0.2) is 0 Å². The number of hydrazine groups is 1. The van der Waals surface area contributed by atoms with Crippen molar-refractivity contribution >= 4 is 11.6 Å². The standard InChI is InChI=1S/C15H17F3N2O/c16-15(17,18)11-2-1-3-12(8-11)19-20-14(21)13-7-9-4-5-10(13)6-9/h1-3,8-10,13,19H,4-7H2,(H,20,21)/t9-,10-,13-/m0/s1. The summed E-state index contributed by atoms with van der Waals surface area (Å²) in [4.78, 5) is 12.1. The van der Waals surface area contributed by atoms with Crippen LogP contribution in [0.25, 0.3) is 0 Å². The summed E-state index contributed by atoms with van der Waals surface area (Å²) in [5, 5.41) is 0. The first-order valence-electron chi connectivity index (χ1n) is 7.16. The van der Waals surface area contributed by atoms with Gasteiger partial charge in [0, 0.05) is 5.92 Å². The minimum Gasteiger partial charge on any atom is -0.299 e. The SMILES string of the molecule is O=C(NNc1cccc(C(F)(F)F)c1)[C@H]1C[C@H]2CC[C@H]1C2. The van der Waals surface area contributed by atoms with Crippen molar-refractivity contribution in [2.24, 2.45) is 17.8 Å². The van der Waals surface area contributed by atoms with Crippen LogP contribution in [-0.2, 0) is 11.0 Å². The lowest BCUT2D eigenvalue weighted by molar-refractivity contribution is -0.137. The molecule has 0 unspecified atom stereocenters. The minimum absolute atomic E-state index is 0.00190. The Bertz CT molecular complexity index is 544. The van der Waals surface area contributed by atoms with Gasteiger partial charge in [-0.2, -0.15) is 13.2 Å². The molecule has 3 rings (SSSR count). The molecule has 2 saturated carbocycles. The number of nitrogens with one attached hydrogen (secondary N) is 2. The van der Waals surface area contributed by atoms with Gasteiger partial charge in [0.15, 0.2) is 0 Å². The normalized spacial score (nSPS) is 27.7. The summed E-state index contributed by atoms with van der Waals surface area (Å²) >= 11 is 0. The average molecular weight is 298 g/mol. The summed E-state index contributed by atoms with van der Waals surface area (Å²) in [5.41, 5.74) is 4.64. The Hall–Kier alpha value is -1.72. The van der Waals surface area contributed by atoms with E-state index < -0.39 is 11.7 Å². The molecule has 0 saturated heterocycles. The van der Waals surface area contributed by atoms with Crippen LogP contribution >= 0.6 is 0 Å². The van der Waals surface area contributed by atoms with E-state index >= 15 is 0 Å². The first kappa shape index (κ1) is 14.2. The molecule has 21 heavy (non-hydrogen) atoms. The molecule has 2 fully saturated rings. The molecule has 0 radical (unpaired) electrons. The average Bonchev–Trinajstić information content (AvgIpc) is 3.07. The van der Waals surface area contributed by atoms with E-state index in [1.165, 1.54) is 18.6 Å². The number of rotatable bonds is 3. The van der Waals surface area contributed by atoms with Gasteiger partial charge in [-0.05, 0) is 49.3 Å². The van der Waals surface area contributed by atoms with Crippen LogP contribution in [0.15, 0.2) is 24.3 Å². The molecule has 3 atom stereocenters. The third kappa shape index (κ3) is 2.99. The lowest BCUT2D eigenvalue weighted by Gasteiger charge is -2.21. The highest BCUT2D eigenvalue weighted by molar-refractivity contribution is 5.80. The van der Waals surface area contributed by atoms with Crippen molar-refractivity contribution in [3.63, 3.8) is 0 Å². The van der Waals surface area contributed by atoms with Crippen molar-refractivity contribution in [2.75, 3.05) is 5.43 Å². The fourth-order valence-corrected chi connectivity index (χ4v) is 3.57. The number of hydrogen-bond donors (Lipinski definition) is 2. The van der Waals surface area contributed by atoms with Gasteiger partial charge in [0.1, 0.15) is 0 Å². The van der Waals surface area contributed by atoms with Crippen molar-refractivity contribution in [3.8, 4) is 0 Å². The molecule has 3 nitrogen and oxygen atoms in total. The summed E-state index contributed by atoms with van der Waals surface area (Å²) in [6.07, 6.45) is -0.0729. The van der Waals surface area contributed by atoms with Crippen LogP contribution in [0.1, 0.15) is 31.2 Å². The molecular formula is C15H17F3N2O. The lowest BCUT2D eigenvalue weighted by Crippen LogP contribution is -2.37. The molecule has 1 aromatic rings. The van der Waals surface area contributed by atoms with Crippen molar-refractivity contribution in [1.29, 1.82) is 0 Å². The smallest absolute Gasteiger partial charge is 0.299 e. The summed E-state index contributed by atoms with van der Waals surface area (Å²) in [7, 11) is 0. The van der Waals surface area contributed by atoms with Crippen LogP contribution < -0.4 is 10.9 Å². The van der Waals surface area contributed by atoms with Crippen LogP contribution in [0.3, 0.4) is 0 Å². The number of anilines is 1. The van der Waals surface area contributed by atoms with Crippen molar-refractivity contribution in [3.05, 3.63) is 29.8 Å². The Morgan fingerprint density at radius 2 is 2.00 bits per heavy atom. The fraction of sp³-hybridized carbons (Fsp3) is 0.533. The van der Waals surface area contributed by atoms with E-state index in [9.17, 15) is 18.0 Å². The van der Waals surface area contributed by atoms with Crippen LogP contribution in [0.2, 0.25) is 0 Å². The highest BCUT2D eigenvalue weighted by Crippen LogP contribution is 2.48. The summed E-state index contributed by atoms with van der Waals surface area (Å²) < 4.78 is 37.8. The molecule has 6 heteroatoms. The van der Waals surface area contributed by atoms with Crippen LogP contribution in [0.5, 0.6) is 0 Å². The maximum Gasteiger partial charge on any atom is 0.416 e. The van der Waals surface area contributed by atoms with Gasteiger partial charge >= 0.3 is 6.18 Å². The Kier molecular flexibility index (Phi) is 3.55. The van der Waals surface area contributed by atoms with Crippen LogP contribution in [0, 0.1) is 17.8 Å². The maximum atomic E-state index is 12.6. The number of hydrogen-bond acceptors (Lipinski definition) is 2. The molecule has 0 aromatic heterocycles. The molecule has 114 valence electrons. The van der Waals surface area contributed by atoms with E-state index in [0.717, 1.165) is 31.4 Å². The third-order valence-electron chi connectivity index (χ3n) is 4.59. The highest BCUT2D eigenvalue weighted by atomic mass is 19.4. The zero-order chi connectivity index (χ0) is 15.0. The van der Waals surface area contributed by atoms with Crippen molar-refractivity contribution in [2.45, 2.75) is 31.9 Å². The van der Waals surface area contributed by atoms with Gasteiger partial charge in [0.25, 0.3) is 0 Å².